The van der Waals surface area contributed by atoms with Crippen molar-refractivity contribution in [2.45, 2.75) is 64.5 Å². The number of sulfone groups is 1. The standard InChI is InChI=1S/C34H38ClF3N2O4S/c1-5-45(43,44)26-10-6-22(7-11-26)20-31(41)39-25-9-13-28(30(35)21-25)27-12-8-24(19-29(27)34(36,37)38)18-23-14-16-40(17-15-23)32(42)33(2,3)4/h6-13,19,21,23H,5,14-18,20H2,1-4H3,(H,39,41). The number of nitrogens with zero attached hydrogens (tertiary/aromatic N) is 1. The summed E-state index contributed by atoms with van der Waals surface area (Å²) in [5.74, 6) is -0.156. The van der Waals surface area contributed by atoms with E-state index < -0.39 is 27.0 Å². The first kappa shape index (κ1) is 34.5. The molecule has 6 nitrogen and oxygen atoms in total. The molecule has 1 aliphatic heterocycles. The number of anilines is 1. The number of amides is 2. The molecule has 1 aliphatic rings. The number of nitrogens with one attached hydrogen (secondary N) is 1. The Balaban J connectivity index is 1.45. The van der Waals surface area contributed by atoms with Crippen molar-refractivity contribution in [3.8, 4) is 11.1 Å². The molecule has 0 atom stereocenters. The van der Waals surface area contributed by atoms with Crippen molar-refractivity contribution in [1.29, 1.82) is 0 Å². The van der Waals surface area contributed by atoms with Gasteiger partial charge < -0.3 is 10.2 Å². The van der Waals surface area contributed by atoms with E-state index in [9.17, 15) is 31.2 Å². The van der Waals surface area contributed by atoms with Crippen molar-refractivity contribution in [3.05, 3.63) is 82.4 Å². The van der Waals surface area contributed by atoms with Gasteiger partial charge >= 0.3 is 6.18 Å². The second kappa shape index (κ2) is 13.5. The largest absolute Gasteiger partial charge is 0.417 e. The van der Waals surface area contributed by atoms with Crippen molar-refractivity contribution >= 4 is 38.9 Å². The van der Waals surface area contributed by atoms with Gasteiger partial charge in [-0.2, -0.15) is 13.2 Å². The van der Waals surface area contributed by atoms with E-state index >= 15 is 0 Å². The fourth-order valence-electron chi connectivity index (χ4n) is 5.52. The van der Waals surface area contributed by atoms with E-state index in [-0.39, 0.29) is 51.0 Å². The highest BCUT2D eigenvalue weighted by molar-refractivity contribution is 7.91. The molecule has 0 spiro atoms. The van der Waals surface area contributed by atoms with Crippen LogP contribution in [0, 0.1) is 11.3 Å². The lowest BCUT2D eigenvalue weighted by Crippen LogP contribution is -2.44. The first-order valence-electron chi connectivity index (χ1n) is 14.9. The summed E-state index contributed by atoms with van der Waals surface area (Å²) in [5.41, 5.74) is 0.381. The van der Waals surface area contributed by atoms with Gasteiger partial charge in [0.2, 0.25) is 11.8 Å². The second-order valence-electron chi connectivity index (χ2n) is 12.5. The van der Waals surface area contributed by atoms with Crippen LogP contribution in [0.3, 0.4) is 0 Å². The Morgan fingerprint density at radius 1 is 0.911 bits per heavy atom. The molecule has 11 heteroatoms. The highest BCUT2D eigenvalue weighted by atomic mass is 35.5. The van der Waals surface area contributed by atoms with Crippen LogP contribution in [-0.2, 0) is 38.4 Å². The maximum atomic E-state index is 14.3. The molecule has 1 fully saturated rings. The lowest BCUT2D eigenvalue weighted by molar-refractivity contribution is -0.141. The molecule has 1 N–H and O–H groups in total. The van der Waals surface area contributed by atoms with Crippen LogP contribution in [0.2, 0.25) is 5.02 Å². The molecule has 242 valence electrons. The minimum Gasteiger partial charge on any atom is -0.342 e. The summed E-state index contributed by atoms with van der Waals surface area (Å²) in [4.78, 5) is 27.2. The minimum absolute atomic E-state index is 0.0281. The van der Waals surface area contributed by atoms with Gasteiger partial charge in [0.1, 0.15) is 0 Å². The third kappa shape index (κ3) is 8.67. The summed E-state index contributed by atoms with van der Waals surface area (Å²) in [7, 11) is -3.35. The van der Waals surface area contributed by atoms with Crippen molar-refractivity contribution in [2.75, 3.05) is 24.2 Å². The molecule has 0 aliphatic carbocycles. The van der Waals surface area contributed by atoms with Crippen molar-refractivity contribution in [3.63, 3.8) is 0 Å². The Morgan fingerprint density at radius 2 is 1.51 bits per heavy atom. The summed E-state index contributed by atoms with van der Waals surface area (Å²) in [5, 5.41) is 2.75. The predicted molar refractivity (Wildman–Crippen MR) is 171 cm³/mol. The Bertz CT molecular complexity index is 1660. The second-order valence-corrected chi connectivity index (χ2v) is 15.2. The normalized spacial score (nSPS) is 14.8. The molecule has 3 aromatic rings. The van der Waals surface area contributed by atoms with Crippen LogP contribution in [-0.4, -0.2) is 44.0 Å². The lowest BCUT2D eigenvalue weighted by atomic mass is 9.86. The molecule has 0 bridgehead atoms. The van der Waals surface area contributed by atoms with Gasteiger partial charge in [-0.25, -0.2) is 8.42 Å². The fraction of sp³-hybridized carbons (Fsp3) is 0.412. The van der Waals surface area contributed by atoms with Crippen LogP contribution in [0.5, 0.6) is 0 Å². The van der Waals surface area contributed by atoms with Crippen LogP contribution < -0.4 is 5.32 Å². The molecular weight excluding hydrogens is 625 g/mol. The molecule has 0 aromatic heterocycles. The van der Waals surface area contributed by atoms with Crippen LogP contribution in [0.15, 0.2) is 65.6 Å². The topological polar surface area (TPSA) is 83.6 Å². The van der Waals surface area contributed by atoms with Crippen molar-refractivity contribution in [2.24, 2.45) is 11.3 Å². The van der Waals surface area contributed by atoms with Gasteiger partial charge in [-0.05, 0) is 72.2 Å². The van der Waals surface area contributed by atoms with Gasteiger partial charge in [-0.1, -0.05) is 69.6 Å². The Morgan fingerprint density at radius 3 is 2.07 bits per heavy atom. The van der Waals surface area contributed by atoms with Crippen LogP contribution in [0.25, 0.3) is 11.1 Å². The van der Waals surface area contributed by atoms with Gasteiger partial charge in [0.15, 0.2) is 9.84 Å². The number of rotatable bonds is 8. The molecule has 45 heavy (non-hydrogen) atoms. The number of piperidine rings is 1. The lowest BCUT2D eigenvalue weighted by Gasteiger charge is -2.36. The van der Waals surface area contributed by atoms with E-state index in [1.807, 2.05) is 25.7 Å². The van der Waals surface area contributed by atoms with Crippen molar-refractivity contribution in [1.82, 2.24) is 4.90 Å². The number of hydrogen-bond acceptors (Lipinski definition) is 4. The monoisotopic (exact) mass is 662 g/mol. The SMILES string of the molecule is CCS(=O)(=O)c1ccc(CC(=O)Nc2ccc(-c3ccc(CC4CCN(C(=O)C(C)(C)C)CC4)cc3C(F)(F)F)c(Cl)c2)cc1. The van der Waals surface area contributed by atoms with Gasteiger partial charge in [0.25, 0.3) is 0 Å². The highest BCUT2D eigenvalue weighted by Crippen LogP contribution is 2.41. The highest BCUT2D eigenvalue weighted by Gasteiger charge is 2.35. The molecular formula is C34H38ClF3N2O4S. The van der Waals surface area contributed by atoms with E-state index in [1.165, 1.54) is 42.5 Å². The van der Waals surface area contributed by atoms with Crippen LogP contribution in [0.1, 0.15) is 57.2 Å². The van der Waals surface area contributed by atoms with E-state index in [0.29, 0.717) is 36.3 Å². The number of halogens is 4. The van der Waals surface area contributed by atoms with Crippen LogP contribution in [0.4, 0.5) is 18.9 Å². The summed E-state index contributed by atoms with van der Waals surface area (Å²) in [6.45, 7) is 8.38. The molecule has 0 saturated carbocycles. The maximum absolute atomic E-state index is 14.3. The number of hydrogen-bond donors (Lipinski definition) is 1. The zero-order valence-corrected chi connectivity index (χ0v) is 27.4. The van der Waals surface area contributed by atoms with Gasteiger partial charge in [-0.15, -0.1) is 0 Å². The zero-order valence-electron chi connectivity index (χ0n) is 25.8. The third-order valence-corrected chi connectivity index (χ3v) is 10.1. The number of benzene rings is 3. The number of alkyl halides is 3. The molecule has 2 amide bonds. The molecule has 4 rings (SSSR count). The number of carbonyl (C=O) groups excluding carboxylic acids is 2. The van der Waals surface area contributed by atoms with E-state index in [4.69, 9.17) is 11.6 Å². The molecule has 1 heterocycles. The maximum Gasteiger partial charge on any atom is 0.417 e. The van der Waals surface area contributed by atoms with E-state index in [0.717, 1.165) is 12.8 Å². The average Bonchev–Trinajstić information content (AvgIpc) is 2.97. The number of carbonyl (C=O) groups is 2. The van der Waals surface area contributed by atoms with Crippen LogP contribution >= 0.6 is 11.6 Å². The Hall–Kier alpha value is -3.37. The first-order chi connectivity index (χ1) is 21.0. The predicted octanol–water partition coefficient (Wildman–Crippen LogP) is 7.83. The summed E-state index contributed by atoms with van der Waals surface area (Å²) < 4.78 is 66.8. The molecule has 1 saturated heterocycles. The summed E-state index contributed by atoms with van der Waals surface area (Å²) in [6, 6.07) is 14.7. The van der Waals surface area contributed by atoms with Gasteiger partial charge in [0, 0.05) is 29.8 Å². The summed E-state index contributed by atoms with van der Waals surface area (Å²) >= 11 is 6.46. The zero-order chi connectivity index (χ0) is 33.2. The first-order valence-corrected chi connectivity index (χ1v) is 16.9. The smallest absolute Gasteiger partial charge is 0.342 e. The molecule has 3 aromatic carbocycles. The quantitative estimate of drug-likeness (QED) is 0.267. The Kier molecular flexibility index (Phi) is 10.4. The Labute approximate surface area is 267 Å². The molecule has 0 radical (unpaired) electrons. The third-order valence-electron chi connectivity index (χ3n) is 8.03. The van der Waals surface area contributed by atoms with E-state index in [2.05, 4.69) is 5.32 Å². The van der Waals surface area contributed by atoms with E-state index in [1.54, 1.807) is 25.1 Å². The summed E-state index contributed by atoms with van der Waals surface area (Å²) in [6.07, 6.45) is -2.70. The molecule has 0 unspecified atom stereocenters. The number of likely N-dealkylation sites (tertiary alicyclic amines) is 1. The van der Waals surface area contributed by atoms with Gasteiger partial charge in [0.05, 0.1) is 27.7 Å². The average molecular weight is 663 g/mol. The fourth-order valence-corrected chi connectivity index (χ4v) is 6.69. The van der Waals surface area contributed by atoms with Gasteiger partial charge in [-0.3, -0.25) is 9.59 Å². The van der Waals surface area contributed by atoms with Crippen molar-refractivity contribution < 1.29 is 31.2 Å². The minimum atomic E-state index is -4.62.